The van der Waals surface area contributed by atoms with Gasteiger partial charge in [0, 0.05) is 17.0 Å². The molecule has 33 heavy (non-hydrogen) atoms. The van der Waals surface area contributed by atoms with E-state index in [0.29, 0.717) is 21.2 Å². The van der Waals surface area contributed by atoms with Crippen molar-refractivity contribution in [2.45, 2.75) is 39.1 Å². The first-order valence-corrected chi connectivity index (χ1v) is 10.6. The zero-order valence-electron chi connectivity index (χ0n) is 18.0. The minimum atomic E-state index is -4.42. The Labute approximate surface area is 192 Å². The molecule has 1 amide bonds. The second-order valence-corrected chi connectivity index (χ2v) is 8.95. The van der Waals surface area contributed by atoms with Crippen LogP contribution in [0.25, 0.3) is 10.6 Å². The van der Waals surface area contributed by atoms with Gasteiger partial charge in [0.05, 0.1) is 5.56 Å². The fraction of sp³-hybridized carbons (Fsp3) is 0.261. The molecule has 2 N–H and O–H groups in total. The quantitative estimate of drug-likeness (QED) is 0.481. The molecule has 0 spiro atoms. The van der Waals surface area contributed by atoms with Gasteiger partial charge in [0.2, 0.25) is 0 Å². The maximum absolute atomic E-state index is 12.8. The van der Waals surface area contributed by atoms with Gasteiger partial charge in [-0.25, -0.2) is 9.78 Å². The fourth-order valence-electron chi connectivity index (χ4n) is 2.81. The number of nitrogens with zero attached hydrogens (tertiary/aromatic N) is 1. The summed E-state index contributed by atoms with van der Waals surface area (Å²) in [6.45, 7) is 4.81. The highest BCUT2D eigenvalue weighted by molar-refractivity contribution is 7.15. The van der Waals surface area contributed by atoms with Crippen LogP contribution >= 0.6 is 11.3 Å². The van der Waals surface area contributed by atoms with Crippen molar-refractivity contribution in [3.05, 3.63) is 70.2 Å². The van der Waals surface area contributed by atoms with Crippen LogP contribution in [0.1, 0.15) is 40.3 Å². The number of carbonyl (C=O) groups is 2. The summed E-state index contributed by atoms with van der Waals surface area (Å²) in [5.74, 6) is -1.11. The molecule has 1 heterocycles. The Morgan fingerprint density at radius 1 is 1.06 bits per heavy atom. The molecule has 10 heteroatoms. The average Bonchev–Trinajstić information content (AvgIpc) is 3.14. The predicted molar refractivity (Wildman–Crippen MR) is 117 cm³/mol. The van der Waals surface area contributed by atoms with Crippen molar-refractivity contribution in [1.29, 1.82) is 0 Å². The van der Waals surface area contributed by atoms with E-state index in [1.807, 2.05) is 0 Å². The normalized spacial score (nSPS) is 11.8. The molecular formula is C23H21F3N2O4S. The number of aromatic nitrogens is 1. The van der Waals surface area contributed by atoms with Crippen LogP contribution in [-0.4, -0.2) is 27.6 Å². The molecule has 0 fully saturated rings. The smallest absolute Gasteiger partial charge is 0.416 e. The second-order valence-electron chi connectivity index (χ2n) is 7.74. The molecule has 0 bridgehead atoms. The molecule has 0 unspecified atom stereocenters. The number of carbonyl (C=O) groups excluding carboxylic acids is 1. The van der Waals surface area contributed by atoms with Gasteiger partial charge in [0.1, 0.15) is 16.5 Å². The molecule has 3 rings (SSSR count). The van der Waals surface area contributed by atoms with E-state index < -0.39 is 29.2 Å². The fourth-order valence-corrected chi connectivity index (χ4v) is 3.73. The standard InChI is InChI=1S/C23H21F3N2O4S/c1-13-18(28-20(33-13)15-6-8-16(9-7-15)23(24,25)26)19(29)27-12-14-4-10-17(11-5-14)32-22(2,3)21(30)31/h4-11H,12H2,1-3H3,(H,27,29)(H,30,31). The van der Waals surface area contributed by atoms with Crippen LogP contribution in [0.4, 0.5) is 13.2 Å². The molecule has 0 saturated heterocycles. The summed E-state index contributed by atoms with van der Waals surface area (Å²) in [7, 11) is 0. The number of thiazole rings is 1. The number of halogens is 3. The zero-order valence-corrected chi connectivity index (χ0v) is 18.8. The number of hydrogen-bond acceptors (Lipinski definition) is 5. The van der Waals surface area contributed by atoms with Crippen molar-refractivity contribution in [3.8, 4) is 16.3 Å². The number of benzene rings is 2. The SMILES string of the molecule is Cc1sc(-c2ccc(C(F)(F)F)cc2)nc1C(=O)NCc1ccc(OC(C)(C)C(=O)O)cc1. The molecule has 0 saturated carbocycles. The molecule has 0 atom stereocenters. The van der Waals surface area contributed by atoms with E-state index in [0.717, 1.165) is 17.7 Å². The van der Waals surface area contributed by atoms with Crippen LogP contribution in [0.2, 0.25) is 0 Å². The van der Waals surface area contributed by atoms with Crippen LogP contribution < -0.4 is 10.1 Å². The first-order valence-electron chi connectivity index (χ1n) is 9.81. The van der Waals surface area contributed by atoms with Gasteiger partial charge in [-0.3, -0.25) is 4.79 Å². The Morgan fingerprint density at radius 2 is 1.67 bits per heavy atom. The molecule has 174 valence electrons. The molecule has 0 radical (unpaired) electrons. The van der Waals surface area contributed by atoms with Gasteiger partial charge in [-0.05, 0) is 50.6 Å². The highest BCUT2D eigenvalue weighted by atomic mass is 32.1. The number of ether oxygens (including phenoxy) is 1. The van der Waals surface area contributed by atoms with Crippen LogP contribution in [-0.2, 0) is 17.5 Å². The van der Waals surface area contributed by atoms with Crippen LogP contribution in [0.3, 0.4) is 0 Å². The van der Waals surface area contributed by atoms with Gasteiger partial charge in [-0.15, -0.1) is 11.3 Å². The number of nitrogens with one attached hydrogen (secondary N) is 1. The van der Waals surface area contributed by atoms with Gasteiger partial charge in [0.15, 0.2) is 5.60 Å². The maximum Gasteiger partial charge on any atom is 0.416 e. The average molecular weight is 478 g/mol. The lowest BCUT2D eigenvalue weighted by Gasteiger charge is -2.21. The summed E-state index contributed by atoms with van der Waals surface area (Å²) in [6, 6.07) is 11.3. The maximum atomic E-state index is 12.8. The zero-order chi connectivity index (χ0) is 24.4. The van der Waals surface area contributed by atoms with Crippen LogP contribution in [0.5, 0.6) is 5.75 Å². The topological polar surface area (TPSA) is 88.5 Å². The lowest BCUT2D eigenvalue weighted by Crippen LogP contribution is -2.37. The Hall–Kier alpha value is -3.40. The predicted octanol–water partition coefficient (Wildman–Crippen LogP) is 5.31. The third-order valence-corrected chi connectivity index (χ3v) is 5.76. The van der Waals surface area contributed by atoms with Gasteiger partial charge in [0.25, 0.3) is 5.91 Å². The molecule has 0 aliphatic heterocycles. The number of carboxylic acids is 1. The van der Waals surface area contributed by atoms with Gasteiger partial charge >= 0.3 is 12.1 Å². The lowest BCUT2D eigenvalue weighted by atomic mass is 10.1. The number of hydrogen-bond donors (Lipinski definition) is 2. The van der Waals surface area contributed by atoms with E-state index in [1.54, 1.807) is 31.2 Å². The highest BCUT2D eigenvalue weighted by Gasteiger charge is 2.30. The number of amides is 1. The van der Waals surface area contributed by atoms with Crippen molar-refractivity contribution in [2.75, 3.05) is 0 Å². The lowest BCUT2D eigenvalue weighted by molar-refractivity contribution is -0.152. The molecule has 0 aliphatic carbocycles. The summed E-state index contributed by atoms with van der Waals surface area (Å²) >= 11 is 1.22. The summed E-state index contributed by atoms with van der Waals surface area (Å²) < 4.78 is 43.7. The summed E-state index contributed by atoms with van der Waals surface area (Å²) in [6.07, 6.45) is -4.42. The van der Waals surface area contributed by atoms with Gasteiger partial charge in [-0.1, -0.05) is 24.3 Å². The highest BCUT2D eigenvalue weighted by Crippen LogP contribution is 2.33. The molecule has 1 aromatic heterocycles. The van der Waals surface area contributed by atoms with Crippen molar-refractivity contribution >= 4 is 23.2 Å². The minimum absolute atomic E-state index is 0.202. The van der Waals surface area contributed by atoms with Gasteiger partial charge in [-0.2, -0.15) is 13.2 Å². The Morgan fingerprint density at radius 3 is 2.21 bits per heavy atom. The van der Waals surface area contributed by atoms with E-state index in [9.17, 15) is 22.8 Å². The minimum Gasteiger partial charge on any atom is -0.478 e. The van der Waals surface area contributed by atoms with E-state index in [2.05, 4.69) is 10.3 Å². The summed E-state index contributed by atoms with van der Waals surface area (Å²) in [5, 5.41) is 12.3. The number of carboxylic acid groups (broad SMARTS) is 1. The third kappa shape index (κ3) is 5.89. The summed E-state index contributed by atoms with van der Waals surface area (Å²) in [5.41, 5.74) is -0.656. The van der Waals surface area contributed by atoms with Crippen LogP contribution in [0.15, 0.2) is 48.5 Å². The Bertz CT molecular complexity index is 1150. The molecule has 0 aliphatic rings. The first-order chi connectivity index (χ1) is 15.4. The monoisotopic (exact) mass is 478 g/mol. The number of aliphatic carboxylic acids is 1. The Balaban J connectivity index is 1.64. The van der Waals surface area contributed by atoms with E-state index in [1.165, 1.54) is 37.3 Å². The molecule has 3 aromatic rings. The van der Waals surface area contributed by atoms with Crippen molar-refractivity contribution in [2.24, 2.45) is 0 Å². The van der Waals surface area contributed by atoms with E-state index in [-0.39, 0.29) is 12.2 Å². The summed E-state index contributed by atoms with van der Waals surface area (Å²) in [4.78, 5) is 28.7. The number of alkyl halides is 3. The van der Waals surface area contributed by atoms with Crippen molar-refractivity contribution in [1.82, 2.24) is 10.3 Å². The second kappa shape index (κ2) is 9.22. The molecular weight excluding hydrogens is 457 g/mol. The first kappa shape index (κ1) is 24.2. The van der Waals surface area contributed by atoms with Crippen LogP contribution in [0, 0.1) is 6.92 Å². The van der Waals surface area contributed by atoms with Crippen molar-refractivity contribution < 1.29 is 32.6 Å². The van der Waals surface area contributed by atoms with Gasteiger partial charge < -0.3 is 15.2 Å². The number of rotatable bonds is 7. The Kier molecular flexibility index (Phi) is 6.78. The number of aryl methyl sites for hydroxylation is 1. The van der Waals surface area contributed by atoms with E-state index >= 15 is 0 Å². The van der Waals surface area contributed by atoms with Crippen molar-refractivity contribution in [3.63, 3.8) is 0 Å². The van der Waals surface area contributed by atoms with E-state index in [4.69, 9.17) is 9.84 Å². The molecule has 2 aromatic carbocycles. The molecule has 6 nitrogen and oxygen atoms in total. The largest absolute Gasteiger partial charge is 0.478 e. The third-order valence-electron chi connectivity index (χ3n) is 4.74.